The Morgan fingerprint density at radius 2 is 2.11 bits per heavy atom. The van der Waals surface area contributed by atoms with Crippen LogP contribution in [0.25, 0.3) is 10.9 Å². The minimum absolute atomic E-state index is 0.883. The molecule has 0 bridgehead atoms. The summed E-state index contributed by atoms with van der Waals surface area (Å²) in [4.78, 5) is 5.90. The number of aromatic nitrogens is 1. The van der Waals surface area contributed by atoms with E-state index in [9.17, 15) is 0 Å². The van der Waals surface area contributed by atoms with Gasteiger partial charge in [0.25, 0.3) is 0 Å². The summed E-state index contributed by atoms with van der Waals surface area (Å²) in [6, 6.07) is 6.78. The average Bonchev–Trinajstić information content (AvgIpc) is 2.88. The highest BCUT2D eigenvalue weighted by Crippen LogP contribution is 2.20. The molecule has 3 nitrogen and oxygen atoms in total. The van der Waals surface area contributed by atoms with Gasteiger partial charge in [-0.25, -0.2) is 0 Å². The summed E-state index contributed by atoms with van der Waals surface area (Å²) in [5.41, 5.74) is 4.11. The molecule has 3 heteroatoms. The Balaban J connectivity index is 1.70. The highest BCUT2D eigenvalue weighted by Gasteiger charge is 2.11. The zero-order valence-corrected chi connectivity index (χ0v) is 11.6. The lowest BCUT2D eigenvalue weighted by molar-refractivity contribution is 0.0385. The van der Waals surface area contributed by atoms with Crippen molar-refractivity contribution in [1.82, 2.24) is 9.88 Å². The number of nitrogens with one attached hydrogen (secondary N) is 1. The lowest BCUT2D eigenvalue weighted by atomic mass is 10.1. The molecule has 0 atom stereocenters. The van der Waals surface area contributed by atoms with Gasteiger partial charge in [-0.2, -0.15) is 0 Å². The van der Waals surface area contributed by atoms with Gasteiger partial charge in [-0.1, -0.05) is 19.1 Å². The van der Waals surface area contributed by atoms with Crippen molar-refractivity contribution in [2.45, 2.75) is 19.8 Å². The topological polar surface area (TPSA) is 28.3 Å². The number of ether oxygens (including phenoxy) is 1. The number of benzene rings is 1. The summed E-state index contributed by atoms with van der Waals surface area (Å²) in [7, 11) is 0. The third-order valence-corrected chi connectivity index (χ3v) is 4.04. The maximum atomic E-state index is 5.38. The second-order valence-corrected chi connectivity index (χ2v) is 5.25. The van der Waals surface area contributed by atoms with E-state index in [0.717, 1.165) is 45.7 Å². The number of nitrogens with zero attached hydrogens (tertiary/aromatic N) is 1. The van der Waals surface area contributed by atoms with Crippen LogP contribution in [0.2, 0.25) is 0 Å². The standard InChI is InChI=1S/C16H22N2O/c1-2-13-3-4-15-14(12-17-16(15)11-13)5-6-18-7-9-19-10-8-18/h3-4,11-12,17H,2,5-10H2,1H3. The molecule has 1 aromatic heterocycles. The highest BCUT2D eigenvalue weighted by atomic mass is 16.5. The molecule has 0 aliphatic carbocycles. The second-order valence-electron chi connectivity index (χ2n) is 5.25. The first-order valence-corrected chi connectivity index (χ1v) is 7.26. The van der Waals surface area contributed by atoms with Gasteiger partial charge in [0.05, 0.1) is 13.2 Å². The third-order valence-electron chi connectivity index (χ3n) is 4.04. The fourth-order valence-electron chi connectivity index (χ4n) is 2.76. The molecular weight excluding hydrogens is 236 g/mol. The van der Waals surface area contributed by atoms with Crippen LogP contribution >= 0.6 is 0 Å². The lowest BCUT2D eigenvalue weighted by Crippen LogP contribution is -2.37. The lowest BCUT2D eigenvalue weighted by Gasteiger charge is -2.26. The largest absolute Gasteiger partial charge is 0.379 e. The molecule has 1 N–H and O–H groups in total. The molecule has 1 aliphatic heterocycles. The molecule has 102 valence electrons. The molecule has 1 fully saturated rings. The molecule has 0 spiro atoms. The first kappa shape index (κ1) is 12.7. The SMILES string of the molecule is CCc1ccc2c(CCN3CCOCC3)c[nH]c2c1. The number of fused-ring (bicyclic) bond motifs is 1. The zero-order valence-electron chi connectivity index (χ0n) is 11.6. The molecule has 1 saturated heterocycles. The van der Waals surface area contributed by atoms with Gasteiger partial charge in [-0.15, -0.1) is 0 Å². The van der Waals surface area contributed by atoms with Gasteiger partial charge in [0.2, 0.25) is 0 Å². The van der Waals surface area contributed by atoms with E-state index < -0.39 is 0 Å². The monoisotopic (exact) mass is 258 g/mol. The van der Waals surface area contributed by atoms with E-state index in [4.69, 9.17) is 4.74 Å². The maximum Gasteiger partial charge on any atom is 0.0594 e. The van der Waals surface area contributed by atoms with E-state index in [-0.39, 0.29) is 0 Å². The minimum Gasteiger partial charge on any atom is -0.379 e. The number of H-pyrrole nitrogens is 1. The first-order chi connectivity index (χ1) is 9.36. The fourth-order valence-corrected chi connectivity index (χ4v) is 2.76. The van der Waals surface area contributed by atoms with Gasteiger partial charge in [0.1, 0.15) is 0 Å². The Morgan fingerprint density at radius 3 is 2.89 bits per heavy atom. The zero-order chi connectivity index (χ0) is 13.1. The summed E-state index contributed by atoms with van der Waals surface area (Å²) in [6.45, 7) is 7.24. The summed E-state index contributed by atoms with van der Waals surface area (Å²) < 4.78 is 5.38. The molecule has 0 radical (unpaired) electrons. The van der Waals surface area contributed by atoms with Crippen LogP contribution in [0.4, 0.5) is 0 Å². The van der Waals surface area contributed by atoms with Crippen molar-refractivity contribution in [3.05, 3.63) is 35.5 Å². The Kier molecular flexibility index (Phi) is 3.85. The molecule has 1 aliphatic rings. The van der Waals surface area contributed by atoms with Gasteiger partial charge in [-0.05, 0) is 30.0 Å². The molecular formula is C16H22N2O. The van der Waals surface area contributed by atoms with Gasteiger partial charge >= 0.3 is 0 Å². The number of rotatable bonds is 4. The molecule has 2 aromatic rings. The van der Waals surface area contributed by atoms with Crippen molar-refractivity contribution in [3.8, 4) is 0 Å². The summed E-state index contributed by atoms with van der Waals surface area (Å²) >= 11 is 0. The Morgan fingerprint density at radius 1 is 1.26 bits per heavy atom. The van der Waals surface area contributed by atoms with Crippen molar-refractivity contribution in [2.24, 2.45) is 0 Å². The Bertz CT molecular complexity index is 541. The van der Waals surface area contributed by atoms with Crippen molar-refractivity contribution < 1.29 is 4.74 Å². The van der Waals surface area contributed by atoms with E-state index in [2.05, 4.69) is 41.2 Å². The number of hydrogen-bond donors (Lipinski definition) is 1. The smallest absolute Gasteiger partial charge is 0.0594 e. The quantitative estimate of drug-likeness (QED) is 0.913. The van der Waals surface area contributed by atoms with Crippen molar-refractivity contribution >= 4 is 10.9 Å². The van der Waals surface area contributed by atoms with Crippen LogP contribution in [-0.2, 0) is 17.6 Å². The van der Waals surface area contributed by atoms with Crippen LogP contribution in [0.5, 0.6) is 0 Å². The predicted molar refractivity (Wildman–Crippen MR) is 78.6 cm³/mol. The fraction of sp³-hybridized carbons (Fsp3) is 0.500. The maximum absolute atomic E-state index is 5.38. The minimum atomic E-state index is 0.883. The van der Waals surface area contributed by atoms with Crippen molar-refractivity contribution in [3.63, 3.8) is 0 Å². The summed E-state index contributed by atoms with van der Waals surface area (Å²) in [5, 5.41) is 1.38. The van der Waals surface area contributed by atoms with Gasteiger partial charge in [0, 0.05) is 36.7 Å². The Labute approximate surface area is 114 Å². The average molecular weight is 258 g/mol. The molecule has 2 heterocycles. The van der Waals surface area contributed by atoms with Crippen LogP contribution in [-0.4, -0.2) is 42.7 Å². The van der Waals surface area contributed by atoms with E-state index >= 15 is 0 Å². The second kappa shape index (κ2) is 5.76. The van der Waals surface area contributed by atoms with Crippen molar-refractivity contribution in [1.29, 1.82) is 0 Å². The van der Waals surface area contributed by atoms with E-state index in [1.54, 1.807) is 0 Å². The van der Waals surface area contributed by atoms with Crippen LogP contribution in [0.15, 0.2) is 24.4 Å². The van der Waals surface area contributed by atoms with Crippen LogP contribution in [0.3, 0.4) is 0 Å². The number of hydrogen-bond acceptors (Lipinski definition) is 2. The van der Waals surface area contributed by atoms with Gasteiger partial charge in [-0.3, -0.25) is 4.90 Å². The van der Waals surface area contributed by atoms with E-state index in [0.29, 0.717) is 0 Å². The van der Waals surface area contributed by atoms with E-state index in [1.807, 2.05) is 0 Å². The predicted octanol–water partition coefficient (Wildman–Crippen LogP) is 2.61. The van der Waals surface area contributed by atoms with E-state index in [1.165, 1.54) is 22.0 Å². The summed E-state index contributed by atoms with van der Waals surface area (Å²) in [5.74, 6) is 0. The third kappa shape index (κ3) is 2.82. The number of morpholine rings is 1. The molecule has 0 amide bonds. The van der Waals surface area contributed by atoms with Gasteiger partial charge in [0.15, 0.2) is 0 Å². The molecule has 0 saturated carbocycles. The van der Waals surface area contributed by atoms with Crippen LogP contribution in [0.1, 0.15) is 18.1 Å². The normalized spacial score (nSPS) is 17.1. The van der Waals surface area contributed by atoms with Crippen LogP contribution in [0, 0.1) is 0 Å². The van der Waals surface area contributed by atoms with Gasteiger partial charge < -0.3 is 9.72 Å². The molecule has 19 heavy (non-hydrogen) atoms. The molecule has 1 aromatic carbocycles. The number of aryl methyl sites for hydroxylation is 1. The summed E-state index contributed by atoms with van der Waals surface area (Å²) in [6.07, 6.45) is 4.38. The first-order valence-electron chi connectivity index (χ1n) is 7.26. The van der Waals surface area contributed by atoms with Crippen LogP contribution < -0.4 is 0 Å². The molecule has 0 unspecified atom stereocenters. The number of aromatic amines is 1. The highest BCUT2D eigenvalue weighted by molar-refractivity contribution is 5.83. The Hall–Kier alpha value is -1.32. The molecule has 3 rings (SSSR count). The van der Waals surface area contributed by atoms with Crippen molar-refractivity contribution in [2.75, 3.05) is 32.8 Å².